The zero-order valence-electron chi connectivity index (χ0n) is 14.9. The van der Waals surface area contributed by atoms with Crippen molar-refractivity contribution in [1.82, 2.24) is 4.90 Å². The van der Waals surface area contributed by atoms with Crippen molar-refractivity contribution in [3.8, 4) is 11.8 Å². The quantitative estimate of drug-likeness (QED) is 0.787. The maximum Gasteiger partial charge on any atom is 0.410 e. The molecule has 0 bridgehead atoms. The number of aliphatic hydroxyl groups is 1. The van der Waals surface area contributed by atoms with Crippen molar-refractivity contribution >= 4 is 6.09 Å². The van der Waals surface area contributed by atoms with Crippen LogP contribution in [-0.4, -0.2) is 53.6 Å². The van der Waals surface area contributed by atoms with Crippen molar-refractivity contribution in [2.24, 2.45) is 5.92 Å². The molecule has 1 aromatic rings. The lowest BCUT2D eigenvalue weighted by Crippen LogP contribution is -2.50. The summed E-state index contributed by atoms with van der Waals surface area (Å²) in [6.45, 7) is 1.76. The Kier molecular flexibility index (Phi) is 4.88. The predicted octanol–water partition coefficient (Wildman–Crippen LogP) is 2.57. The molecule has 3 aliphatic rings. The van der Waals surface area contributed by atoms with E-state index in [1.54, 1.807) is 4.90 Å². The highest BCUT2D eigenvalue weighted by Gasteiger charge is 2.50. The molecule has 2 heterocycles. The number of nitrogens with zero attached hydrogens (tertiary/aromatic N) is 1. The Hall–Kier alpha value is -2.03. The number of hydrogen-bond acceptors (Lipinski definition) is 4. The maximum atomic E-state index is 12.6. The molecule has 138 valence electrons. The molecule has 1 saturated carbocycles. The van der Waals surface area contributed by atoms with Gasteiger partial charge in [-0.25, -0.2) is 4.79 Å². The summed E-state index contributed by atoms with van der Waals surface area (Å²) in [5, 5.41) is 11.2. The van der Waals surface area contributed by atoms with Gasteiger partial charge in [0.05, 0.1) is 13.2 Å². The summed E-state index contributed by atoms with van der Waals surface area (Å²) in [5.74, 6) is 6.23. The van der Waals surface area contributed by atoms with Gasteiger partial charge in [-0.2, -0.15) is 0 Å². The molecule has 26 heavy (non-hydrogen) atoms. The molecule has 4 atom stereocenters. The first kappa shape index (κ1) is 17.4. The monoisotopic (exact) mass is 355 g/mol. The fraction of sp³-hybridized carbons (Fsp3) is 0.571. The number of amides is 1. The van der Waals surface area contributed by atoms with Gasteiger partial charge in [-0.15, -0.1) is 0 Å². The van der Waals surface area contributed by atoms with Crippen LogP contribution in [0.15, 0.2) is 30.3 Å². The number of rotatable bonds is 1. The standard InChI is InChI=1S/C21H25NO4/c23-20(26-17-10-14-25-15-17)22-13-9-18-19(22)7-4-11-21(18,24)12-8-16-5-2-1-3-6-16/h1-3,5-6,17-19,24H,4,7,9-11,13-15H2/t17-,18?,19?,21?/m0/s1. The van der Waals surface area contributed by atoms with Gasteiger partial charge in [0.1, 0.15) is 11.7 Å². The molecule has 2 saturated heterocycles. The first-order valence-corrected chi connectivity index (χ1v) is 9.51. The average molecular weight is 355 g/mol. The molecule has 1 aliphatic carbocycles. The van der Waals surface area contributed by atoms with Gasteiger partial charge < -0.3 is 19.5 Å². The molecular formula is C21H25NO4. The predicted molar refractivity (Wildman–Crippen MR) is 96.4 cm³/mol. The van der Waals surface area contributed by atoms with Crippen molar-refractivity contribution < 1.29 is 19.4 Å². The molecule has 1 N–H and O–H groups in total. The van der Waals surface area contributed by atoms with E-state index in [9.17, 15) is 9.90 Å². The summed E-state index contributed by atoms with van der Waals surface area (Å²) in [6.07, 6.45) is 3.54. The third-order valence-corrected chi connectivity index (χ3v) is 5.80. The number of fused-ring (bicyclic) bond motifs is 1. The fourth-order valence-corrected chi connectivity index (χ4v) is 4.43. The second kappa shape index (κ2) is 7.30. The van der Waals surface area contributed by atoms with Crippen LogP contribution in [0.5, 0.6) is 0 Å². The van der Waals surface area contributed by atoms with E-state index in [-0.39, 0.29) is 24.2 Å². The van der Waals surface area contributed by atoms with Crippen molar-refractivity contribution in [3.63, 3.8) is 0 Å². The molecule has 5 heteroatoms. The average Bonchev–Trinajstić information content (AvgIpc) is 3.31. The highest BCUT2D eigenvalue weighted by atomic mass is 16.6. The lowest BCUT2D eigenvalue weighted by molar-refractivity contribution is -0.0181. The molecule has 2 aliphatic heterocycles. The molecule has 3 unspecified atom stereocenters. The zero-order valence-corrected chi connectivity index (χ0v) is 14.9. The van der Waals surface area contributed by atoms with E-state index in [0.717, 1.165) is 31.2 Å². The summed E-state index contributed by atoms with van der Waals surface area (Å²) in [4.78, 5) is 14.4. The second-order valence-corrected chi connectivity index (χ2v) is 7.46. The Bertz CT molecular complexity index is 704. The van der Waals surface area contributed by atoms with Crippen LogP contribution in [0.25, 0.3) is 0 Å². The van der Waals surface area contributed by atoms with Crippen molar-refractivity contribution in [2.45, 2.75) is 49.9 Å². The van der Waals surface area contributed by atoms with Gasteiger partial charge in [0.25, 0.3) is 0 Å². The molecule has 4 rings (SSSR count). The van der Waals surface area contributed by atoms with Gasteiger partial charge in [0, 0.05) is 30.5 Å². The molecule has 3 fully saturated rings. The van der Waals surface area contributed by atoms with Gasteiger partial charge >= 0.3 is 6.09 Å². The minimum Gasteiger partial charge on any atom is -0.444 e. The Balaban J connectivity index is 1.47. The van der Waals surface area contributed by atoms with Crippen molar-refractivity contribution in [1.29, 1.82) is 0 Å². The molecule has 5 nitrogen and oxygen atoms in total. The van der Waals surface area contributed by atoms with Crippen LogP contribution in [-0.2, 0) is 9.47 Å². The van der Waals surface area contributed by atoms with Crippen LogP contribution in [0.1, 0.15) is 37.7 Å². The fourth-order valence-electron chi connectivity index (χ4n) is 4.43. The summed E-state index contributed by atoms with van der Waals surface area (Å²) >= 11 is 0. The number of hydrogen-bond donors (Lipinski definition) is 1. The van der Waals surface area contributed by atoms with E-state index in [2.05, 4.69) is 11.8 Å². The largest absolute Gasteiger partial charge is 0.444 e. The van der Waals surface area contributed by atoms with Gasteiger partial charge in [-0.3, -0.25) is 0 Å². The lowest BCUT2D eigenvalue weighted by atomic mass is 9.73. The number of ether oxygens (including phenoxy) is 2. The van der Waals surface area contributed by atoms with E-state index < -0.39 is 5.60 Å². The van der Waals surface area contributed by atoms with Crippen LogP contribution < -0.4 is 0 Å². The first-order chi connectivity index (χ1) is 12.7. The topological polar surface area (TPSA) is 59.0 Å². The van der Waals surface area contributed by atoms with E-state index in [1.165, 1.54) is 0 Å². The molecule has 1 amide bonds. The number of benzene rings is 1. The van der Waals surface area contributed by atoms with E-state index >= 15 is 0 Å². The van der Waals surface area contributed by atoms with Crippen LogP contribution >= 0.6 is 0 Å². The van der Waals surface area contributed by atoms with Gasteiger partial charge in [0.15, 0.2) is 0 Å². The molecule has 0 aromatic heterocycles. The van der Waals surface area contributed by atoms with Gasteiger partial charge in [-0.1, -0.05) is 30.0 Å². The third kappa shape index (κ3) is 3.44. The van der Waals surface area contributed by atoms with Crippen LogP contribution in [0.2, 0.25) is 0 Å². The lowest BCUT2D eigenvalue weighted by Gasteiger charge is -2.40. The summed E-state index contributed by atoms with van der Waals surface area (Å²) in [5.41, 5.74) is -0.136. The number of likely N-dealkylation sites (tertiary alicyclic amines) is 1. The summed E-state index contributed by atoms with van der Waals surface area (Å²) < 4.78 is 10.9. The molecule has 0 radical (unpaired) electrons. The Morgan fingerprint density at radius 1 is 1.27 bits per heavy atom. The Labute approximate surface area is 154 Å². The minimum atomic E-state index is -1.04. The SMILES string of the molecule is O=C(O[C@H]1CCOC1)N1CCC2C1CCCC2(O)C#Cc1ccccc1. The summed E-state index contributed by atoms with van der Waals surface area (Å²) in [6, 6.07) is 9.73. The number of carbonyl (C=O) groups is 1. The van der Waals surface area contributed by atoms with E-state index in [1.807, 2.05) is 30.3 Å². The second-order valence-electron chi connectivity index (χ2n) is 7.46. The first-order valence-electron chi connectivity index (χ1n) is 9.51. The maximum absolute atomic E-state index is 12.6. The molecule has 0 spiro atoms. The Morgan fingerprint density at radius 2 is 2.12 bits per heavy atom. The zero-order chi connectivity index (χ0) is 18.0. The van der Waals surface area contributed by atoms with Crippen LogP contribution in [0, 0.1) is 17.8 Å². The van der Waals surface area contributed by atoms with Crippen molar-refractivity contribution in [2.75, 3.05) is 19.8 Å². The van der Waals surface area contributed by atoms with Gasteiger partial charge in [-0.05, 0) is 37.8 Å². The van der Waals surface area contributed by atoms with E-state index in [4.69, 9.17) is 9.47 Å². The summed E-state index contributed by atoms with van der Waals surface area (Å²) in [7, 11) is 0. The van der Waals surface area contributed by atoms with Crippen LogP contribution in [0.3, 0.4) is 0 Å². The minimum absolute atomic E-state index is 0.00800. The highest BCUT2D eigenvalue weighted by molar-refractivity contribution is 5.69. The van der Waals surface area contributed by atoms with E-state index in [0.29, 0.717) is 26.2 Å². The van der Waals surface area contributed by atoms with Crippen LogP contribution in [0.4, 0.5) is 4.79 Å². The molecular weight excluding hydrogens is 330 g/mol. The van der Waals surface area contributed by atoms with Crippen molar-refractivity contribution in [3.05, 3.63) is 35.9 Å². The van der Waals surface area contributed by atoms with Gasteiger partial charge in [0.2, 0.25) is 0 Å². The third-order valence-electron chi connectivity index (χ3n) is 5.80. The molecule has 1 aromatic carbocycles. The Morgan fingerprint density at radius 3 is 2.88 bits per heavy atom. The smallest absolute Gasteiger partial charge is 0.410 e. The number of carbonyl (C=O) groups excluding carboxylic acids is 1. The normalized spacial score (nSPS) is 33.3. The highest BCUT2D eigenvalue weighted by Crippen LogP contribution is 2.43.